The fourth-order valence-electron chi connectivity index (χ4n) is 2.80. The van der Waals surface area contributed by atoms with Crippen molar-refractivity contribution in [1.29, 1.82) is 0 Å². The Morgan fingerprint density at radius 1 is 1.08 bits per heavy atom. The summed E-state index contributed by atoms with van der Waals surface area (Å²) in [5.41, 5.74) is 2.65. The van der Waals surface area contributed by atoms with Gasteiger partial charge in [-0.1, -0.05) is 39.0 Å². The van der Waals surface area contributed by atoms with Gasteiger partial charge in [-0.25, -0.2) is 9.97 Å². The van der Waals surface area contributed by atoms with E-state index in [9.17, 15) is 4.79 Å². The SMILES string of the molecule is Cc1nc(C(C)(C)C)nc2sc(C(=O)N(C)c3ccccc3)c(C)c12. The average Bonchev–Trinajstić information content (AvgIpc) is 2.91. The van der Waals surface area contributed by atoms with Crippen LogP contribution in [0.2, 0.25) is 0 Å². The normalized spacial score (nSPS) is 11.8. The minimum Gasteiger partial charge on any atom is -0.311 e. The number of para-hydroxylation sites is 1. The van der Waals surface area contributed by atoms with Crippen molar-refractivity contribution in [1.82, 2.24) is 9.97 Å². The van der Waals surface area contributed by atoms with Crippen LogP contribution < -0.4 is 4.90 Å². The number of carbonyl (C=O) groups is 1. The largest absolute Gasteiger partial charge is 0.311 e. The molecule has 2 heterocycles. The number of fused-ring (bicyclic) bond motifs is 1. The van der Waals surface area contributed by atoms with Crippen LogP contribution in [0.1, 0.15) is 47.5 Å². The van der Waals surface area contributed by atoms with Crippen molar-refractivity contribution in [2.45, 2.75) is 40.0 Å². The maximum absolute atomic E-state index is 13.0. The maximum atomic E-state index is 13.0. The molecule has 0 N–H and O–H groups in total. The molecule has 0 spiro atoms. The van der Waals surface area contributed by atoms with Crippen molar-refractivity contribution in [2.24, 2.45) is 0 Å². The van der Waals surface area contributed by atoms with Gasteiger partial charge >= 0.3 is 0 Å². The molecule has 1 amide bonds. The highest BCUT2D eigenvalue weighted by atomic mass is 32.1. The lowest BCUT2D eigenvalue weighted by atomic mass is 9.95. The molecule has 1 aromatic carbocycles. The summed E-state index contributed by atoms with van der Waals surface area (Å²) >= 11 is 1.46. The lowest BCUT2D eigenvalue weighted by Gasteiger charge is -2.17. The third kappa shape index (κ3) is 3.16. The number of hydrogen-bond acceptors (Lipinski definition) is 4. The first-order valence-electron chi connectivity index (χ1n) is 8.31. The van der Waals surface area contributed by atoms with Gasteiger partial charge in [-0.15, -0.1) is 11.3 Å². The van der Waals surface area contributed by atoms with E-state index in [2.05, 4.69) is 25.8 Å². The molecule has 130 valence electrons. The highest BCUT2D eigenvalue weighted by Gasteiger charge is 2.25. The Morgan fingerprint density at radius 2 is 1.72 bits per heavy atom. The summed E-state index contributed by atoms with van der Waals surface area (Å²) < 4.78 is 0. The molecule has 0 fully saturated rings. The third-order valence-electron chi connectivity index (χ3n) is 4.28. The summed E-state index contributed by atoms with van der Waals surface area (Å²) in [4.78, 5) is 25.7. The molecule has 3 aromatic rings. The Labute approximate surface area is 152 Å². The average molecular weight is 353 g/mol. The van der Waals surface area contributed by atoms with E-state index in [1.807, 2.05) is 44.2 Å². The van der Waals surface area contributed by atoms with Crippen LogP contribution in [0.4, 0.5) is 5.69 Å². The number of carbonyl (C=O) groups excluding carboxylic acids is 1. The number of aromatic nitrogens is 2. The van der Waals surface area contributed by atoms with Crippen molar-refractivity contribution in [2.75, 3.05) is 11.9 Å². The van der Waals surface area contributed by atoms with Crippen molar-refractivity contribution in [3.63, 3.8) is 0 Å². The van der Waals surface area contributed by atoms with Crippen LogP contribution in [0, 0.1) is 13.8 Å². The van der Waals surface area contributed by atoms with Gasteiger partial charge in [-0.2, -0.15) is 0 Å². The van der Waals surface area contributed by atoms with Crippen molar-refractivity contribution < 1.29 is 4.79 Å². The second-order valence-electron chi connectivity index (χ2n) is 7.32. The Balaban J connectivity index is 2.10. The Morgan fingerprint density at radius 3 is 2.32 bits per heavy atom. The Bertz CT molecular complexity index is 939. The zero-order valence-electron chi connectivity index (χ0n) is 15.5. The Hall–Kier alpha value is -2.27. The molecule has 0 aliphatic rings. The Kier molecular flexibility index (Phi) is 4.37. The molecule has 3 rings (SSSR count). The first-order chi connectivity index (χ1) is 11.7. The quantitative estimate of drug-likeness (QED) is 0.659. The number of thiophene rings is 1. The summed E-state index contributed by atoms with van der Waals surface area (Å²) in [6.45, 7) is 10.3. The van der Waals surface area contributed by atoms with Crippen LogP contribution in [0.3, 0.4) is 0 Å². The van der Waals surface area contributed by atoms with Crippen LogP contribution in [0.25, 0.3) is 10.2 Å². The molecule has 25 heavy (non-hydrogen) atoms. The van der Waals surface area contributed by atoms with Gasteiger partial charge in [-0.3, -0.25) is 4.79 Å². The van der Waals surface area contributed by atoms with Gasteiger partial charge in [0.05, 0.1) is 10.6 Å². The van der Waals surface area contributed by atoms with E-state index in [0.717, 1.165) is 37.9 Å². The highest BCUT2D eigenvalue weighted by molar-refractivity contribution is 7.20. The van der Waals surface area contributed by atoms with Crippen molar-refractivity contribution >= 4 is 33.1 Å². The summed E-state index contributed by atoms with van der Waals surface area (Å²) in [7, 11) is 1.81. The lowest BCUT2D eigenvalue weighted by molar-refractivity contribution is 0.0996. The first-order valence-corrected chi connectivity index (χ1v) is 9.13. The fourth-order valence-corrected chi connectivity index (χ4v) is 4.01. The summed E-state index contributed by atoms with van der Waals surface area (Å²) in [5.74, 6) is 0.803. The van der Waals surface area contributed by atoms with Crippen LogP contribution in [0.15, 0.2) is 30.3 Å². The second-order valence-corrected chi connectivity index (χ2v) is 8.32. The number of rotatable bonds is 2. The van der Waals surface area contributed by atoms with Crippen LogP contribution in [-0.2, 0) is 5.41 Å². The molecule has 0 atom stereocenters. The minimum absolute atomic E-state index is 0.0107. The van der Waals surface area contributed by atoms with Gasteiger partial charge in [0, 0.05) is 23.5 Å². The summed E-state index contributed by atoms with van der Waals surface area (Å²) in [6, 6.07) is 9.68. The molecule has 0 unspecified atom stereocenters. The number of anilines is 1. The topological polar surface area (TPSA) is 46.1 Å². The summed E-state index contributed by atoms with van der Waals surface area (Å²) in [5, 5.41) is 1.00. The molecule has 0 radical (unpaired) electrons. The van der Waals surface area contributed by atoms with E-state index in [1.165, 1.54) is 11.3 Å². The predicted molar refractivity (Wildman–Crippen MR) is 105 cm³/mol. The standard InChI is InChI=1S/C20H23N3OS/c1-12-15-13(2)21-19(20(3,4)5)22-17(15)25-16(12)18(24)23(6)14-10-8-7-9-11-14/h7-11H,1-6H3. The van der Waals surface area contributed by atoms with Crippen molar-refractivity contribution in [3.8, 4) is 0 Å². The van der Waals surface area contributed by atoms with E-state index >= 15 is 0 Å². The molecule has 0 aliphatic carbocycles. The van der Waals surface area contributed by atoms with Gasteiger partial charge in [-0.05, 0) is 31.5 Å². The third-order valence-corrected chi connectivity index (χ3v) is 5.46. The number of benzene rings is 1. The van der Waals surface area contributed by atoms with Crippen LogP contribution in [-0.4, -0.2) is 22.9 Å². The fraction of sp³-hybridized carbons (Fsp3) is 0.350. The van der Waals surface area contributed by atoms with Crippen LogP contribution in [0.5, 0.6) is 0 Å². The molecule has 2 aromatic heterocycles. The van der Waals surface area contributed by atoms with Crippen molar-refractivity contribution in [3.05, 3.63) is 52.3 Å². The van der Waals surface area contributed by atoms with Gasteiger partial charge in [0.25, 0.3) is 5.91 Å². The molecular formula is C20H23N3OS. The smallest absolute Gasteiger partial charge is 0.268 e. The van der Waals surface area contributed by atoms with Gasteiger partial charge in [0.1, 0.15) is 10.7 Å². The zero-order chi connectivity index (χ0) is 18.4. The molecule has 5 heteroatoms. The van der Waals surface area contributed by atoms with E-state index in [4.69, 9.17) is 4.98 Å². The molecule has 0 aliphatic heterocycles. The minimum atomic E-state index is -0.123. The predicted octanol–water partition coefficient (Wildman–Crippen LogP) is 4.88. The molecule has 0 saturated heterocycles. The monoisotopic (exact) mass is 353 g/mol. The lowest BCUT2D eigenvalue weighted by Crippen LogP contribution is -2.25. The van der Waals surface area contributed by atoms with Gasteiger partial charge < -0.3 is 4.90 Å². The van der Waals surface area contributed by atoms with E-state index in [1.54, 1.807) is 11.9 Å². The summed E-state index contributed by atoms with van der Waals surface area (Å²) in [6.07, 6.45) is 0. The van der Waals surface area contributed by atoms with Crippen LogP contribution >= 0.6 is 11.3 Å². The van der Waals surface area contributed by atoms with E-state index in [-0.39, 0.29) is 11.3 Å². The van der Waals surface area contributed by atoms with Gasteiger partial charge in [0.2, 0.25) is 0 Å². The van der Waals surface area contributed by atoms with Gasteiger partial charge in [0.15, 0.2) is 0 Å². The number of hydrogen-bond donors (Lipinski definition) is 0. The number of nitrogens with zero attached hydrogens (tertiary/aromatic N) is 3. The number of aryl methyl sites for hydroxylation is 2. The van der Waals surface area contributed by atoms with E-state index < -0.39 is 0 Å². The zero-order valence-corrected chi connectivity index (χ0v) is 16.4. The molecular weight excluding hydrogens is 330 g/mol. The highest BCUT2D eigenvalue weighted by Crippen LogP contribution is 2.34. The molecule has 4 nitrogen and oxygen atoms in total. The first kappa shape index (κ1) is 17.5. The maximum Gasteiger partial charge on any atom is 0.268 e. The molecule has 0 bridgehead atoms. The molecule has 0 saturated carbocycles. The number of amides is 1. The van der Waals surface area contributed by atoms with E-state index in [0.29, 0.717) is 0 Å². The second kappa shape index (κ2) is 6.23.